The van der Waals surface area contributed by atoms with Crippen LogP contribution in [0.25, 0.3) is 0 Å². The minimum absolute atomic E-state index is 0.127. The highest BCUT2D eigenvalue weighted by atomic mass is 16.5. The Balaban J connectivity index is 1.50. The number of carboxylic acids is 1. The van der Waals surface area contributed by atoms with Gasteiger partial charge in [0, 0.05) is 24.8 Å². The molecule has 0 bridgehead atoms. The molecule has 1 amide bonds. The lowest BCUT2D eigenvalue weighted by atomic mass is 9.95. The number of amides is 1. The molecule has 4 rings (SSSR count). The summed E-state index contributed by atoms with van der Waals surface area (Å²) in [5.41, 5.74) is 3.51. The van der Waals surface area contributed by atoms with Crippen LogP contribution in [0.3, 0.4) is 0 Å². The molecule has 7 heteroatoms. The predicted molar refractivity (Wildman–Crippen MR) is 131 cm³/mol. The second-order valence-corrected chi connectivity index (χ2v) is 8.91. The molecular formula is C28H29NO6. The van der Waals surface area contributed by atoms with Gasteiger partial charge in [0.15, 0.2) is 11.5 Å². The highest BCUT2D eigenvalue weighted by molar-refractivity contribution is 5.99. The molecule has 3 N–H and O–H groups in total. The quantitative estimate of drug-likeness (QED) is 0.438. The minimum Gasteiger partial charge on any atom is -0.493 e. The zero-order valence-corrected chi connectivity index (χ0v) is 19.8. The summed E-state index contributed by atoms with van der Waals surface area (Å²) < 4.78 is 11.3. The van der Waals surface area contributed by atoms with Gasteiger partial charge in [-0.3, -0.25) is 4.79 Å². The number of hydrogen-bond donors (Lipinski definition) is 3. The third-order valence-electron chi connectivity index (χ3n) is 6.36. The van der Waals surface area contributed by atoms with E-state index < -0.39 is 17.4 Å². The summed E-state index contributed by atoms with van der Waals surface area (Å²) in [4.78, 5) is 25.4. The van der Waals surface area contributed by atoms with E-state index in [9.17, 15) is 19.8 Å². The molecule has 0 heterocycles. The Morgan fingerprint density at radius 2 is 1.77 bits per heavy atom. The van der Waals surface area contributed by atoms with Gasteiger partial charge in [0.25, 0.3) is 5.91 Å². The van der Waals surface area contributed by atoms with Crippen LogP contribution in [0.5, 0.6) is 11.5 Å². The van der Waals surface area contributed by atoms with Crippen LogP contribution in [-0.4, -0.2) is 41.3 Å². The topological polar surface area (TPSA) is 105 Å². The van der Waals surface area contributed by atoms with Gasteiger partial charge in [0.05, 0.1) is 20.3 Å². The summed E-state index contributed by atoms with van der Waals surface area (Å²) in [6, 6.07) is 18.3. The van der Waals surface area contributed by atoms with E-state index in [1.165, 1.54) is 12.7 Å². The van der Waals surface area contributed by atoms with Gasteiger partial charge in [-0.2, -0.15) is 0 Å². The third-order valence-corrected chi connectivity index (χ3v) is 6.36. The molecule has 3 aromatic carbocycles. The number of aliphatic hydroxyl groups is 1. The number of rotatable bonds is 9. The van der Waals surface area contributed by atoms with Gasteiger partial charge in [-0.05, 0) is 47.4 Å². The maximum atomic E-state index is 13.2. The molecule has 0 aliphatic heterocycles. The van der Waals surface area contributed by atoms with Crippen LogP contribution in [0.2, 0.25) is 0 Å². The maximum absolute atomic E-state index is 13.2. The highest BCUT2D eigenvalue weighted by Gasteiger charge is 2.45. The molecule has 0 radical (unpaired) electrons. The van der Waals surface area contributed by atoms with E-state index in [4.69, 9.17) is 9.47 Å². The molecule has 182 valence electrons. The first-order valence-corrected chi connectivity index (χ1v) is 11.5. The number of carboxylic acid groups (broad SMARTS) is 1. The Morgan fingerprint density at radius 1 is 0.971 bits per heavy atom. The summed E-state index contributed by atoms with van der Waals surface area (Å²) in [5, 5.41) is 22.2. The lowest BCUT2D eigenvalue weighted by Gasteiger charge is -2.25. The smallest absolute Gasteiger partial charge is 0.330 e. The molecule has 0 saturated heterocycles. The Bertz CT molecular complexity index is 1250. The molecule has 7 nitrogen and oxygen atoms in total. The van der Waals surface area contributed by atoms with Crippen LogP contribution in [0.15, 0.2) is 60.7 Å². The molecule has 0 saturated carbocycles. The molecule has 1 unspecified atom stereocenters. The zero-order valence-electron chi connectivity index (χ0n) is 19.8. The summed E-state index contributed by atoms with van der Waals surface area (Å²) in [6.07, 6.45) is 1.01. The van der Waals surface area contributed by atoms with Gasteiger partial charge in [0.1, 0.15) is 5.54 Å². The van der Waals surface area contributed by atoms with Crippen molar-refractivity contribution in [2.45, 2.75) is 38.3 Å². The van der Waals surface area contributed by atoms with Gasteiger partial charge in [0.2, 0.25) is 0 Å². The molecular weight excluding hydrogens is 446 g/mol. The number of aliphatic hydroxyl groups excluding tert-OH is 1. The number of carbonyl (C=O) groups is 2. The lowest BCUT2D eigenvalue weighted by Crippen LogP contribution is -2.55. The van der Waals surface area contributed by atoms with Crippen LogP contribution in [-0.2, 0) is 30.7 Å². The Kier molecular flexibility index (Phi) is 7.07. The first-order valence-electron chi connectivity index (χ1n) is 11.5. The minimum atomic E-state index is -1.46. The predicted octanol–water partition coefficient (Wildman–Crippen LogP) is 3.47. The van der Waals surface area contributed by atoms with Crippen molar-refractivity contribution in [2.24, 2.45) is 0 Å². The van der Waals surface area contributed by atoms with Crippen molar-refractivity contribution < 1.29 is 29.3 Å². The molecule has 0 aromatic heterocycles. The summed E-state index contributed by atoms with van der Waals surface area (Å²) in [5.74, 6) is -0.701. The van der Waals surface area contributed by atoms with Crippen molar-refractivity contribution >= 4 is 11.9 Å². The fourth-order valence-corrected chi connectivity index (χ4v) is 4.49. The van der Waals surface area contributed by atoms with Crippen molar-refractivity contribution in [3.8, 4) is 11.5 Å². The number of benzene rings is 3. The van der Waals surface area contributed by atoms with Crippen LogP contribution in [0.1, 0.15) is 38.2 Å². The van der Waals surface area contributed by atoms with Crippen molar-refractivity contribution in [1.82, 2.24) is 5.32 Å². The van der Waals surface area contributed by atoms with Gasteiger partial charge in [-0.1, -0.05) is 48.0 Å². The SMILES string of the molecule is COc1ccc(C(=O)NC2(C(=O)O)Cc3ccc(CO)cc3C2)cc1OCCc1cccc(C)c1. The molecule has 35 heavy (non-hydrogen) atoms. The number of aryl methyl sites for hydroxylation is 1. The molecule has 0 fully saturated rings. The van der Waals surface area contributed by atoms with Crippen molar-refractivity contribution in [3.63, 3.8) is 0 Å². The fourth-order valence-electron chi connectivity index (χ4n) is 4.49. The Hall–Kier alpha value is -3.84. The number of nitrogens with one attached hydrogen (secondary N) is 1. The van der Waals surface area contributed by atoms with Gasteiger partial charge < -0.3 is 25.0 Å². The second-order valence-electron chi connectivity index (χ2n) is 8.91. The molecule has 3 aromatic rings. The summed E-state index contributed by atoms with van der Waals surface area (Å²) >= 11 is 0. The standard InChI is InChI=1S/C28H29NO6/c1-18-4-3-5-19(12-18)10-11-35-25-14-21(8-9-24(25)34-2)26(31)29-28(27(32)33)15-22-7-6-20(17-30)13-23(22)16-28/h3-9,12-14,30H,10-11,15-17H2,1-2H3,(H,29,31)(H,32,33). The molecule has 1 aliphatic rings. The fraction of sp³-hybridized carbons (Fsp3) is 0.286. The van der Waals surface area contributed by atoms with E-state index in [-0.39, 0.29) is 25.0 Å². The van der Waals surface area contributed by atoms with Crippen LogP contribution in [0.4, 0.5) is 0 Å². The average molecular weight is 476 g/mol. The van der Waals surface area contributed by atoms with E-state index in [1.807, 2.05) is 31.2 Å². The summed E-state index contributed by atoms with van der Waals surface area (Å²) in [7, 11) is 1.53. The van der Waals surface area contributed by atoms with Gasteiger partial charge >= 0.3 is 5.97 Å². The van der Waals surface area contributed by atoms with E-state index in [2.05, 4.69) is 11.4 Å². The zero-order chi connectivity index (χ0) is 25.0. The number of ether oxygens (including phenoxy) is 2. The van der Waals surface area contributed by atoms with Crippen molar-refractivity contribution in [3.05, 3.63) is 94.0 Å². The Morgan fingerprint density at radius 3 is 2.49 bits per heavy atom. The number of fused-ring (bicyclic) bond motifs is 1. The van der Waals surface area contributed by atoms with E-state index in [0.29, 0.717) is 30.1 Å². The van der Waals surface area contributed by atoms with Gasteiger partial charge in [-0.25, -0.2) is 4.79 Å². The monoisotopic (exact) mass is 475 g/mol. The van der Waals surface area contributed by atoms with Gasteiger partial charge in [-0.15, -0.1) is 0 Å². The Labute approximate surface area is 204 Å². The number of hydrogen-bond acceptors (Lipinski definition) is 5. The highest BCUT2D eigenvalue weighted by Crippen LogP contribution is 2.33. The van der Waals surface area contributed by atoms with E-state index in [0.717, 1.165) is 16.7 Å². The largest absolute Gasteiger partial charge is 0.493 e. The van der Waals surface area contributed by atoms with E-state index in [1.54, 1.807) is 30.3 Å². The number of aliphatic carboxylic acids is 1. The van der Waals surface area contributed by atoms with Crippen LogP contribution in [0, 0.1) is 6.92 Å². The third kappa shape index (κ3) is 5.30. The molecule has 1 aliphatic carbocycles. The maximum Gasteiger partial charge on any atom is 0.330 e. The summed E-state index contributed by atoms with van der Waals surface area (Å²) in [6.45, 7) is 2.30. The van der Waals surface area contributed by atoms with Crippen LogP contribution < -0.4 is 14.8 Å². The van der Waals surface area contributed by atoms with E-state index >= 15 is 0 Å². The lowest BCUT2D eigenvalue weighted by molar-refractivity contribution is -0.144. The second kappa shape index (κ2) is 10.2. The number of carbonyl (C=O) groups excluding carboxylic acids is 1. The number of methoxy groups -OCH3 is 1. The average Bonchev–Trinajstić information content (AvgIpc) is 3.22. The first kappa shape index (κ1) is 24.3. The normalized spacial score (nSPS) is 16.4. The van der Waals surface area contributed by atoms with Crippen molar-refractivity contribution in [1.29, 1.82) is 0 Å². The molecule has 0 spiro atoms. The van der Waals surface area contributed by atoms with Crippen LogP contribution >= 0.6 is 0 Å². The first-order chi connectivity index (χ1) is 16.8. The molecule has 1 atom stereocenters. The van der Waals surface area contributed by atoms with Crippen molar-refractivity contribution in [2.75, 3.05) is 13.7 Å².